The maximum Gasteiger partial charge on any atom is 0.347 e. The quantitative estimate of drug-likeness (QED) is 0.809. The van der Waals surface area contributed by atoms with Gasteiger partial charge in [0, 0.05) is 25.6 Å². The maximum atomic E-state index is 12.5. The van der Waals surface area contributed by atoms with Gasteiger partial charge in [-0.2, -0.15) is 0 Å². The molecule has 7 heteroatoms. The molecule has 2 heterocycles. The van der Waals surface area contributed by atoms with E-state index < -0.39 is 5.97 Å². The molecule has 6 nitrogen and oxygen atoms in total. The predicted molar refractivity (Wildman–Crippen MR) is 97.1 cm³/mol. The Morgan fingerprint density at radius 3 is 2.72 bits per heavy atom. The molecule has 25 heavy (non-hydrogen) atoms. The molecule has 1 amide bonds. The lowest BCUT2D eigenvalue weighted by molar-refractivity contribution is -0.127. The van der Waals surface area contributed by atoms with Crippen molar-refractivity contribution in [1.82, 2.24) is 15.2 Å². The van der Waals surface area contributed by atoms with Gasteiger partial charge in [-0.1, -0.05) is 12.8 Å². The second-order valence-electron chi connectivity index (χ2n) is 7.14. The molecule has 2 aliphatic rings. The molecule has 1 saturated heterocycles. The van der Waals surface area contributed by atoms with E-state index in [1.54, 1.807) is 6.92 Å². The first-order valence-corrected chi connectivity index (χ1v) is 10.1. The molecule has 0 aromatic carbocycles. The maximum absolute atomic E-state index is 12.5. The van der Waals surface area contributed by atoms with E-state index in [1.807, 2.05) is 0 Å². The highest BCUT2D eigenvalue weighted by molar-refractivity contribution is 7.13. The van der Waals surface area contributed by atoms with Crippen LogP contribution >= 0.6 is 11.3 Å². The van der Waals surface area contributed by atoms with Crippen LogP contribution in [0.25, 0.3) is 0 Å². The summed E-state index contributed by atoms with van der Waals surface area (Å²) in [5.41, 5.74) is 0.554. The Morgan fingerprint density at radius 2 is 2.04 bits per heavy atom. The zero-order valence-corrected chi connectivity index (χ0v) is 15.6. The summed E-state index contributed by atoms with van der Waals surface area (Å²) in [6, 6.07) is 0.684. The normalized spacial score (nSPS) is 22.2. The van der Waals surface area contributed by atoms with Gasteiger partial charge in [-0.3, -0.25) is 9.69 Å². The van der Waals surface area contributed by atoms with Crippen LogP contribution in [0.15, 0.2) is 0 Å². The van der Waals surface area contributed by atoms with Gasteiger partial charge in [-0.25, -0.2) is 9.78 Å². The number of aromatic nitrogens is 1. The highest BCUT2D eigenvalue weighted by Gasteiger charge is 2.30. The fourth-order valence-electron chi connectivity index (χ4n) is 4.02. The summed E-state index contributed by atoms with van der Waals surface area (Å²) in [5, 5.41) is 12.9. The van der Waals surface area contributed by atoms with Crippen molar-refractivity contribution in [1.29, 1.82) is 0 Å². The van der Waals surface area contributed by atoms with Crippen molar-refractivity contribution in [3.05, 3.63) is 15.6 Å². The third-order valence-corrected chi connectivity index (χ3v) is 6.54. The number of carboxylic acid groups (broad SMARTS) is 1. The van der Waals surface area contributed by atoms with E-state index in [0.717, 1.165) is 30.9 Å². The number of hydrogen-bond donors (Lipinski definition) is 2. The Balaban J connectivity index is 1.45. The number of hydrogen-bond acceptors (Lipinski definition) is 5. The lowest BCUT2D eigenvalue weighted by atomic mass is 9.95. The van der Waals surface area contributed by atoms with Crippen LogP contribution in [-0.2, 0) is 11.2 Å². The average molecular weight is 365 g/mol. The van der Waals surface area contributed by atoms with Gasteiger partial charge in [0.1, 0.15) is 4.88 Å². The van der Waals surface area contributed by atoms with Crippen molar-refractivity contribution < 1.29 is 14.7 Å². The molecule has 0 spiro atoms. The van der Waals surface area contributed by atoms with Crippen LogP contribution in [0.1, 0.15) is 58.9 Å². The van der Waals surface area contributed by atoms with Gasteiger partial charge in [0.25, 0.3) is 0 Å². The van der Waals surface area contributed by atoms with Gasteiger partial charge in [0.05, 0.1) is 16.6 Å². The van der Waals surface area contributed by atoms with Crippen molar-refractivity contribution in [3.8, 4) is 0 Å². The number of rotatable bonds is 6. The minimum atomic E-state index is -0.931. The van der Waals surface area contributed by atoms with Crippen LogP contribution in [0.4, 0.5) is 0 Å². The summed E-state index contributed by atoms with van der Waals surface area (Å²) in [4.78, 5) is 30.6. The number of carbonyl (C=O) groups excluding carboxylic acids is 1. The van der Waals surface area contributed by atoms with Gasteiger partial charge in [-0.05, 0) is 39.2 Å². The van der Waals surface area contributed by atoms with Gasteiger partial charge in [0.2, 0.25) is 5.91 Å². The summed E-state index contributed by atoms with van der Waals surface area (Å²) in [6.45, 7) is 4.24. The number of thiazole rings is 1. The van der Waals surface area contributed by atoms with E-state index in [-0.39, 0.29) is 11.8 Å². The van der Waals surface area contributed by atoms with Crippen molar-refractivity contribution in [3.63, 3.8) is 0 Å². The number of nitrogens with zero attached hydrogens (tertiary/aromatic N) is 2. The predicted octanol–water partition coefficient (Wildman–Crippen LogP) is 2.46. The summed E-state index contributed by atoms with van der Waals surface area (Å²) in [6.07, 6.45) is 7.86. The molecule has 0 radical (unpaired) electrons. The van der Waals surface area contributed by atoms with Crippen molar-refractivity contribution in [2.24, 2.45) is 5.92 Å². The van der Waals surface area contributed by atoms with Crippen LogP contribution in [0, 0.1) is 12.8 Å². The Bertz CT molecular complexity index is 625. The molecule has 1 aromatic heterocycles. The van der Waals surface area contributed by atoms with E-state index in [1.165, 1.54) is 37.0 Å². The second-order valence-corrected chi connectivity index (χ2v) is 8.22. The van der Waals surface area contributed by atoms with E-state index >= 15 is 0 Å². The zero-order valence-electron chi connectivity index (χ0n) is 14.8. The first kappa shape index (κ1) is 18.3. The topological polar surface area (TPSA) is 82.5 Å². The molecule has 0 bridgehead atoms. The summed E-state index contributed by atoms with van der Waals surface area (Å²) in [7, 11) is 0. The molecule has 1 atom stereocenters. The SMILES string of the molecule is Cc1nc(CCNC(=O)C2CCCN(C3CCCC3)C2)sc1C(=O)O. The summed E-state index contributed by atoms with van der Waals surface area (Å²) >= 11 is 1.20. The van der Waals surface area contributed by atoms with Gasteiger partial charge in [-0.15, -0.1) is 11.3 Å². The van der Waals surface area contributed by atoms with E-state index in [2.05, 4.69) is 15.2 Å². The van der Waals surface area contributed by atoms with E-state index in [0.29, 0.717) is 29.6 Å². The number of piperidine rings is 1. The van der Waals surface area contributed by atoms with Gasteiger partial charge >= 0.3 is 5.97 Å². The molecular weight excluding hydrogens is 338 g/mol. The number of carbonyl (C=O) groups is 2. The van der Waals surface area contributed by atoms with Gasteiger partial charge < -0.3 is 10.4 Å². The molecule has 1 aliphatic heterocycles. The monoisotopic (exact) mass is 365 g/mol. The molecule has 2 N–H and O–H groups in total. The second kappa shape index (κ2) is 8.27. The molecule has 138 valence electrons. The fraction of sp³-hybridized carbons (Fsp3) is 0.722. The Kier molecular flexibility index (Phi) is 6.06. The van der Waals surface area contributed by atoms with Crippen molar-refractivity contribution >= 4 is 23.2 Å². The number of likely N-dealkylation sites (tertiary alicyclic amines) is 1. The number of nitrogens with one attached hydrogen (secondary N) is 1. The molecule has 1 aliphatic carbocycles. The highest BCUT2D eigenvalue weighted by atomic mass is 32.1. The number of aromatic carboxylic acids is 1. The first-order valence-electron chi connectivity index (χ1n) is 9.26. The molecular formula is C18H27N3O3S. The fourth-order valence-corrected chi connectivity index (χ4v) is 4.92. The summed E-state index contributed by atoms with van der Waals surface area (Å²) < 4.78 is 0. The van der Waals surface area contributed by atoms with Crippen LogP contribution in [0.5, 0.6) is 0 Å². The van der Waals surface area contributed by atoms with Crippen LogP contribution in [0.2, 0.25) is 0 Å². The summed E-state index contributed by atoms with van der Waals surface area (Å²) in [5.74, 6) is -0.712. The zero-order chi connectivity index (χ0) is 17.8. The minimum absolute atomic E-state index is 0.0851. The minimum Gasteiger partial charge on any atom is -0.477 e. The first-order chi connectivity index (χ1) is 12.0. The van der Waals surface area contributed by atoms with Crippen LogP contribution in [0.3, 0.4) is 0 Å². The third kappa shape index (κ3) is 4.58. The Hall–Kier alpha value is -1.47. The lowest BCUT2D eigenvalue weighted by Gasteiger charge is -2.36. The standard InChI is InChI=1S/C18H27N3O3S/c1-12-16(18(23)24)25-15(20-12)8-9-19-17(22)13-5-4-10-21(11-13)14-6-2-3-7-14/h13-14H,2-11H2,1H3,(H,19,22)(H,23,24). The molecule has 1 unspecified atom stereocenters. The number of aryl methyl sites for hydroxylation is 1. The average Bonchev–Trinajstić information content (AvgIpc) is 3.24. The smallest absolute Gasteiger partial charge is 0.347 e. The van der Waals surface area contributed by atoms with Crippen LogP contribution < -0.4 is 5.32 Å². The van der Waals surface area contributed by atoms with E-state index in [4.69, 9.17) is 5.11 Å². The van der Waals surface area contributed by atoms with E-state index in [9.17, 15) is 9.59 Å². The van der Waals surface area contributed by atoms with Crippen LogP contribution in [-0.4, -0.2) is 52.5 Å². The Labute approximate surface area is 152 Å². The highest BCUT2D eigenvalue weighted by Crippen LogP contribution is 2.28. The molecule has 1 aromatic rings. The largest absolute Gasteiger partial charge is 0.477 e. The molecule has 2 fully saturated rings. The number of carboxylic acids is 1. The molecule has 1 saturated carbocycles. The lowest BCUT2D eigenvalue weighted by Crippen LogP contribution is -2.46. The van der Waals surface area contributed by atoms with Crippen molar-refractivity contribution in [2.75, 3.05) is 19.6 Å². The molecule has 3 rings (SSSR count). The number of amides is 1. The van der Waals surface area contributed by atoms with Crippen molar-refractivity contribution in [2.45, 2.75) is 57.9 Å². The third-order valence-electron chi connectivity index (χ3n) is 5.34. The Morgan fingerprint density at radius 1 is 1.28 bits per heavy atom. The van der Waals surface area contributed by atoms with Gasteiger partial charge in [0.15, 0.2) is 0 Å².